The molecular weight excluding hydrogens is 470 g/mol. The molecule has 1 aromatic carbocycles. The van der Waals surface area contributed by atoms with Gasteiger partial charge in [0.15, 0.2) is 0 Å². The molecule has 0 fully saturated rings. The topological polar surface area (TPSA) is 69.7 Å². The Labute approximate surface area is 197 Å². The molecule has 2 heterocycles. The number of ether oxygens (including phenoxy) is 1. The molecule has 2 aromatic rings. The van der Waals surface area contributed by atoms with Gasteiger partial charge in [-0.2, -0.15) is 0 Å². The van der Waals surface area contributed by atoms with Gasteiger partial charge in [0.25, 0.3) is 5.91 Å². The molecule has 1 aromatic heterocycles. The lowest BCUT2D eigenvalue weighted by atomic mass is 9.96. The van der Waals surface area contributed by atoms with Crippen LogP contribution in [-0.2, 0) is 0 Å². The molecule has 0 unspecified atom stereocenters. The number of anilines is 3. The molecule has 0 atom stereocenters. The van der Waals surface area contributed by atoms with E-state index in [-0.39, 0.29) is 11.3 Å². The average Bonchev–Trinajstić information content (AvgIpc) is 3.05. The third-order valence-electron chi connectivity index (χ3n) is 5.05. The van der Waals surface area contributed by atoms with Crippen molar-refractivity contribution in [3.63, 3.8) is 0 Å². The SMILES string of the molecule is CN1NN(CC(C)(C)C)c2ccc(NC(=O)c3ccc(OC4=CCCC=C4)nc3)c(Br)c21. The number of hydrazine groups is 2. The quantitative estimate of drug-likeness (QED) is 0.573. The van der Waals surface area contributed by atoms with Crippen molar-refractivity contribution >= 4 is 38.9 Å². The van der Waals surface area contributed by atoms with Crippen LogP contribution < -0.4 is 25.6 Å². The van der Waals surface area contributed by atoms with Crippen LogP contribution in [0, 0.1) is 5.41 Å². The first-order valence-corrected chi connectivity index (χ1v) is 11.4. The van der Waals surface area contributed by atoms with Crippen LogP contribution in [0.2, 0.25) is 0 Å². The molecule has 2 N–H and O–H groups in total. The first kappa shape index (κ1) is 22.4. The number of carbonyl (C=O) groups is 1. The summed E-state index contributed by atoms with van der Waals surface area (Å²) in [6, 6.07) is 7.34. The molecule has 1 aliphatic heterocycles. The molecule has 4 rings (SSSR count). The van der Waals surface area contributed by atoms with Gasteiger partial charge in [-0.05, 0) is 64.5 Å². The molecule has 7 nitrogen and oxygen atoms in total. The van der Waals surface area contributed by atoms with E-state index >= 15 is 0 Å². The van der Waals surface area contributed by atoms with Gasteiger partial charge in [0.05, 0.1) is 27.1 Å². The normalized spacial score (nSPS) is 15.5. The van der Waals surface area contributed by atoms with E-state index in [1.165, 1.54) is 6.20 Å². The molecule has 168 valence electrons. The maximum absolute atomic E-state index is 12.8. The van der Waals surface area contributed by atoms with Gasteiger partial charge in [0.2, 0.25) is 5.88 Å². The highest BCUT2D eigenvalue weighted by Gasteiger charge is 2.30. The van der Waals surface area contributed by atoms with Gasteiger partial charge in [-0.25, -0.2) is 4.98 Å². The molecule has 0 spiro atoms. The second-order valence-corrected chi connectivity index (χ2v) is 9.92. The summed E-state index contributed by atoms with van der Waals surface area (Å²) in [6.07, 6.45) is 9.55. The van der Waals surface area contributed by atoms with E-state index < -0.39 is 0 Å². The van der Waals surface area contributed by atoms with Crippen molar-refractivity contribution in [2.24, 2.45) is 5.41 Å². The van der Waals surface area contributed by atoms with E-state index in [0.717, 1.165) is 41.0 Å². The standard InChI is InChI=1S/C24H28BrN5O2/c1-24(2,3)15-30-19-12-11-18(21(25)22(19)29(4)28-30)27-23(31)16-10-13-20(26-14-16)32-17-8-6-5-7-9-17/h6,8-14,28H,5,7,15H2,1-4H3,(H,27,31). The van der Waals surface area contributed by atoms with E-state index in [1.807, 2.05) is 36.3 Å². The molecule has 8 heteroatoms. The highest BCUT2D eigenvalue weighted by Crippen LogP contribution is 2.43. The average molecular weight is 498 g/mol. The number of halogens is 1. The summed E-state index contributed by atoms with van der Waals surface area (Å²) < 4.78 is 6.56. The predicted octanol–water partition coefficient (Wildman–Crippen LogP) is 5.43. The van der Waals surface area contributed by atoms with Crippen LogP contribution in [0.5, 0.6) is 5.88 Å². The Morgan fingerprint density at radius 2 is 2.06 bits per heavy atom. The fourth-order valence-corrected chi connectivity index (χ4v) is 4.32. The smallest absolute Gasteiger partial charge is 0.257 e. The lowest BCUT2D eigenvalue weighted by molar-refractivity contribution is 0.102. The molecule has 1 amide bonds. The van der Waals surface area contributed by atoms with Gasteiger partial charge in [0.1, 0.15) is 5.76 Å². The minimum atomic E-state index is -0.235. The van der Waals surface area contributed by atoms with Crippen LogP contribution in [0.4, 0.5) is 17.1 Å². The zero-order chi connectivity index (χ0) is 22.9. The van der Waals surface area contributed by atoms with Crippen molar-refractivity contribution in [2.75, 3.05) is 28.9 Å². The van der Waals surface area contributed by atoms with Crippen molar-refractivity contribution < 1.29 is 9.53 Å². The first-order chi connectivity index (χ1) is 15.2. The number of nitrogens with zero attached hydrogens (tertiary/aromatic N) is 3. The number of carbonyl (C=O) groups excluding carboxylic acids is 1. The van der Waals surface area contributed by atoms with Gasteiger partial charge in [-0.15, -0.1) is 5.53 Å². The Balaban J connectivity index is 1.47. The largest absolute Gasteiger partial charge is 0.439 e. The lowest BCUT2D eigenvalue weighted by Gasteiger charge is -2.28. The highest BCUT2D eigenvalue weighted by atomic mass is 79.9. The Morgan fingerprint density at radius 1 is 1.25 bits per heavy atom. The minimum Gasteiger partial charge on any atom is -0.439 e. The van der Waals surface area contributed by atoms with Crippen LogP contribution in [0.25, 0.3) is 0 Å². The molecule has 32 heavy (non-hydrogen) atoms. The molecular formula is C24H28BrN5O2. The number of rotatable bonds is 5. The highest BCUT2D eigenvalue weighted by molar-refractivity contribution is 9.10. The third-order valence-corrected chi connectivity index (χ3v) is 5.86. The number of pyridine rings is 1. The van der Waals surface area contributed by atoms with Crippen LogP contribution in [0.3, 0.4) is 0 Å². The summed E-state index contributed by atoms with van der Waals surface area (Å²) in [6.45, 7) is 7.44. The van der Waals surface area contributed by atoms with Crippen molar-refractivity contribution in [2.45, 2.75) is 33.6 Å². The molecule has 1 aliphatic carbocycles. The third kappa shape index (κ3) is 4.97. The molecule has 0 saturated heterocycles. The van der Waals surface area contributed by atoms with Crippen molar-refractivity contribution in [3.8, 4) is 5.88 Å². The Hall–Kier alpha value is -2.84. The maximum Gasteiger partial charge on any atom is 0.257 e. The number of aromatic nitrogens is 1. The van der Waals surface area contributed by atoms with Gasteiger partial charge >= 0.3 is 0 Å². The summed E-state index contributed by atoms with van der Waals surface area (Å²) in [4.78, 5) is 17.1. The second kappa shape index (κ2) is 8.96. The van der Waals surface area contributed by atoms with Crippen LogP contribution in [0.1, 0.15) is 44.0 Å². The zero-order valence-electron chi connectivity index (χ0n) is 18.8. The number of hydrogen-bond acceptors (Lipinski definition) is 6. The Kier molecular flexibility index (Phi) is 6.26. The van der Waals surface area contributed by atoms with Crippen molar-refractivity contribution in [3.05, 3.63) is 64.5 Å². The Bertz CT molecular complexity index is 1070. The van der Waals surface area contributed by atoms with Crippen LogP contribution >= 0.6 is 15.9 Å². The predicted molar refractivity (Wildman–Crippen MR) is 132 cm³/mol. The fourth-order valence-electron chi connectivity index (χ4n) is 3.62. The summed E-state index contributed by atoms with van der Waals surface area (Å²) >= 11 is 3.68. The van der Waals surface area contributed by atoms with E-state index in [4.69, 9.17) is 4.74 Å². The zero-order valence-corrected chi connectivity index (χ0v) is 20.4. The Morgan fingerprint density at radius 3 is 2.72 bits per heavy atom. The number of nitrogens with one attached hydrogen (secondary N) is 2. The van der Waals surface area contributed by atoms with Gasteiger partial charge < -0.3 is 10.1 Å². The molecule has 0 saturated carbocycles. The molecule has 2 aliphatic rings. The number of allylic oxidation sites excluding steroid dienone is 3. The number of hydrogen-bond donors (Lipinski definition) is 2. The first-order valence-electron chi connectivity index (χ1n) is 10.6. The fraction of sp³-hybridized carbons (Fsp3) is 0.333. The van der Waals surface area contributed by atoms with E-state index in [9.17, 15) is 4.79 Å². The van der Waals surface area contributed by atoms with E-state index in [2.05, 4.69) is 63.6 Å². The maximum atomic E-state index is 12.8. The molecule has 0 radical (unpaired) electrons. The van der Waals surface area contributed by atoms with Gasteiger partial charge in [0, 0.05) is 25.9 Å². The van der Waals surface area contributed by atoms with E-state index in [0.29, 0.717) is 17.1 Å². The number of benzene rings is 1. The number of fused-ring (bicyclic) bond motifs is 1. The monoisotopic (exact) mass is 497 g/mol. The van der Waals surface area contributed by atoms with E-state index in [1.54, 1.807) is 12.1 Å². The van der Waals surface area contributed by atoms with Crippen LogP contribution in [-0.4, -0.2) is 24.5 Å². The summed E-state index contributed by atoms with van der Waals surface area (Å²) in [5, 5.41) is 7.04. The van der Waals surface area contributed by atoms with Gasteiger partial charge in [-0.3, -0.25) is 14.8 Å². The minimum absolute atomic E-state index is 0.126. The second-order valence-electron chi connectivity index (χ2n) is 9.13. The van der Waals surface area contributed by atoms with Crippen LogP contribution in [0.15, 0.2) is 58.9 Å². The van der Waals surface area contributed by atoms with Crippen molar-refractivity contribution in [1.29, 1.82) is 0 Å². The summed E-state index contributed by atoms with van der Waals surface area (Å²) in [5.41, 5.74) is 6.67. The van der Waals surface area contributed by atoms with Crippen molar-refractivity contribution in [1.82, 2.24) is 10.5 Å². The lowest BCUT2D eigenvalue weighted by Crippen LogP contribution is -2.45. The summed E-state index contributed by atoms with van der Waals surface area (Å²) in [5.74, 6) is 1.01. The summed E-state index contributed by atoms with van der Waals surface area (Å²) in [7, 11) is 1.96. The number of amides is 1. The molecule has 0 bridgehead atoms. The van der Waals surface area contributed by atoms with Gasteiger partial charge in [-0.1, -0.05) is 26.8 Å².